The summed E-state index contributed by atoms with van der Waals surface area (Å²) in [5, 5.41) is 2.35. The van der Waals surface area contributed by atoms with E-state index in [0.29, 0.717) is 0 Å². The van der Waals surface area contributed by atoms with Crippen LogP contribution in [0.15, 0.2) is 150 Å². The lowest BCUT2D eigenvalue weighted by atomic mass is 9.74. The Morgan fingerprint density at radius 3 is 1.72 bits per heavy atom. The Hall–Kier alpha value is -5.86. The zero-order valence-corrected chi connectivity index (χ0v) is 34.7. The second-order valence-electron chi connectivity index (χ2n) is 19.2. The molecule has 0 saturated carbocycles. The van der Waals surface area contributed by atoms with Gasteiger partial charge in [0.1, 0.15) is 5.58 Å². The van der Waals surface area contributed by atoms with E-state index in [-0.39, 0.29) is 21.7 Å². The van der Waals surface area contributed by atoms with Gasteiger partial charge in [-0.15, -0.1) is 0 Å². The molecule has 2 aliphatic carbocycles. The molecule has 0 amide bonds. The molecule has 57 heavy (non-hydrogen) atoms. The van der Waals surface area contributed by atoms with Gasteiger partial charge >= 0.3 is 0 Å². The summed E-state index contributed by atoms with van der Waals surface area (Å²) in [5.41, 5.74) is 19.1. The van der Waals surface area contributed by atoms with Crippen molar-refractivity contribution in [2.24, 2.45) is 0 Å². The maximum Gasteiger partial charge on any atom is 0.159 e. The number of nitrogens with zero attached hydrogens (tertiary/aromatic N) is 1. The van der Waals surface area contributed by atoms with Gasteiger partial charge in [-0.25, -0.2) is 0 Å². The number of anilines is 3. The Morgan fingerprint density at radius 1 is 0.491 bits per heavy atom. The first-order chi connectivity index (χ1) is 27.2. The van der Waals surface area contributed by atoms with Crippen molar-refractivity contribution < 1.29 is 4.42 Å². The van der Waals surface area contributed by atoms with Crippen LogP contribution in [0.3, 0.4) is 0 Å². The highest BCUT2D eigenvalue weighted by molar-refractivity contribution is 6.12. The van der Waals surface area contributed by atoms with Crippen LogP contribution >= 0.6 is 0 Å². The van der Waals surface area contributed by atoms with E-state index in [1.54, 1.807) is 0 Å². The molecule has 0 bridgehead atoms. The van der Waals surface area contributed by atoms with Crippen molar-refractivity contribution in [2.75, 3.05) is 4.90 Å². The molecule has 0 radical (unpaired) electrons. The number of fused-ring (bicyclic) bond motifs is 9. The Morgan fingerprint density at radius 2 is 1.07 bits per heavy atom. The maximum atomic E-state index is 7.16. The molecule has 282 valence electrons. The first kappa shape index (κ1) is 35.5. The van der Waals surface area contributed by atoms with E-state index in [0.717, 1.165) is 33.6 Å². The highest BCUT2D eigenvalue weighted by atomic mass is 16.3. The van der Waals surface area contributed by atoms with Crippen molar-refractivity contribution in [3.05, 3.63) is 185 Å². The standard InChI is InChI=1S/C55H51NO/c1-52(2,3)35-31-47(53(4,5)6)50-42-23-17-27-48(51(42)57-49(50)32-35)56(37-28-29-41-38-20-10-13-24-43(38)54(7,8)46(41)33-37)36-19-16-18-34(30-36)55(9)44-25-14-11-21-39(44)40-22-12-15-26-45(40)55/h10-33H,1-9H3. The number of benzene rings is 7. The van der Waals surface area contributed by atoms with E-state index < -0.39 is 0 Å². The highest BCUT2D eigenvalue weighted by Gasteiger charge is 2.41. The third-order valence-electron chi connectivity index (χ3n) is 13.2. The van der Waals surface area contributed by atoms with Crippen molar-refractivity contribution in [1.82, 2.24) is 0 Å². The average molecular weight is 742 g/mol. The third kappa shape index (κ3) is 5.15. The molecule has 0 aliphatic heterocycles. The predicted molar refractivity (Wildman–Crippen MR) is 241 cm³/mol. The van der Waals surface area contributed by atoms with Crippen LogP contribution in [-0.4, -0.2) is 0 Å². The minimum absolute atomic E-state index is 0.0230. The smallest absolute Gasteiger partial charge is 0.159 e. The summed E-state index contributed by atoms with van der Waals surface area (Å²) in [6, 6.07) is 54.5. The Labute approximate surface area is 337 Å². The SMILES string of the molecule is CC(C)(C)c1cc(C(C)(C)C)c2c(c1)oc1c(N(c3cccc(C4(C)c5ccccc5-c5ccccc54)c3)c3ccc4c(c3)C(C)(C)c3ccccc3-4)cccc12. The number of furan rings is 1. The molecule has 0 spiro atoms. The fourth-order valence-electron chi connectivity index (χ4n) is 10.1. The number of hydrogen-bond acceptors (Lipinski definition) is 2. The van der Waals surface area contributed by atoms with Crippen LogP contribution in [0.5, 0.6) is 0 Å². The van der Waals surface area contributed by atoms with E-state index in [1.807, 2.05) is 0 Å². The van der Waals surface area contributed by atoms with Crippen molar-refractivity contribution in [1.29, 1.82) is 0 Å². The second-order valence-corrected chi connectivity index (χ2v) is 19.2. The molecule has 2 aliphatic rings. The van der Waals surface area contributed by atoms with Gasteiger partial charge in [-0.05, 0) is 115 Å². The quantitative estimate of drug-likeness (QED) is 0.179. The summed E-state index contributed by atoms with van der Waals surface area (Å²) in [6.45, 7) is 21.0. The van der Waals surface area contributed by atoms with E-state index >= 15 is 0 Å². The zero-order chi connectivity index (χ0) is 39.6. The molecule has 2 heteroatoms. The van der Waals surface area contributed by atoms with Crippen molar-refractivity contribution in [3.63, 3.8) is 0 Å². The fourth-order valence-corrected chi connectivity index (χ4v) is 10.1. The molecule has 0 N–H and O–H groups in total. The van der Waals surface area contributed by atoms with Crippen LogP contribution in [0.2, 0.25) is 0 Å². The van der Waals surface area contributed by atoms with Gasteiger partial charge in [-0.3, -0.25) is 0 Å². The average Bonchev–Trinajstić information content (AvgIpc) is 3.79. The van der Waals surface area contributed by atoms with Gasteiger partial charge in [0.15, 0.2) is 5.58 Å². The molecular weight excluding hydrogens is 691 g/mol. The highest BCUT2D eigenvalue weighted by Crippen LogP contribution is 2.55. The van der Waals surface area contributed by atoms with Crippen LogP contribution in [0.25, 0.3) is 44.2 Å². The van der Waals surface area contributed by atoms with Gasteiger partial charge in [0.2, 0.25) is 0 Å². The summed E-state index contributed by atoms with van der Waals surface area (Å²) in [7, 11) is 0. The zero-order valence-electron chi connectivity index (χ0n) is 34.7. The summed E-state index contributed by atoms with van der Waals surface area (Å²) in [4.78, 5) is 2.45. The monoisotopic (exact) mass is 741 g/mol. The summed E-state index contributed by atoms with van der Waals surface area (Å²) < 4.78 is 7.16. The minimum atomic E-state index is -0.327. The van der Waals surface area contributed by atoms with E-state index in [9.17, 15) is 0 Å². The first-order valence-corrected chi connectivity index (χ1v) is 20.5. The maximum absolute atomic E-state index is 7.16. The third-order valence-corrected chi connectivity index (χ3v) is 13.2. The topological polar surface area (TPSA) is 16.4 Å². The van der Waals surface area contributed by atoms with Crippen molar-refractivity contribution >= 4 is 39.0 Å². The van der Waals surface area contributed by atoms with Gasteiger partial charge in [0.25, 0.3) is 0 Å². The number of hydrogen-bond donors (Lipinski definition) is 0. The van der Waals surface area contributed by atoms with Gasteiger partial charge in [0.05, 0.1) is 5.69 Å². The predicted octanol–water partition coefficient (Wildman–Crippen LogP) is 15.3. The van der Waals surface area contributed by atoms with E-state index in [4.69, 9.17) is 4.42 Å². The van der Waals surface area contributed by atoms with E-state index in [2.05, 4.69) is 213 Å². The minimum Gasteiger partial charge on any atom is -0.454 e. The summed E-state index contributed by atoms with van der Waals surface area (Å²) >= 11 is 0. The molecule has 1 aromatic heterocycles. The lowest BCUT2D eigenvalue weighted by Gasteiger charge is -2.32. The molecule has 0 fully saturated rings. The van der Waals surface area contributed by atoms with Crippen molar-refractivity contribution in [3.8, 4) is 22.3 Å². The normalized spacial score (nSPS) is 15.0. The van der Waals surface area contributed by atoms with Crippen LogP contribution < -0.4 is 4.90 Å². The molecule has 2 nitrogen and oxygen atoms in total. The molecule has 10 rings (SSSR count). The van der Waals surface area contributed by atoms with Gasteiger partial charge < -0.3 is 9.32 Å². The van der Waals surface area contributed by atoms with Crippen LogP contribution in [0.4, 0.5) is 17.1 Å². The Balaban J connectivity index is 1.24. The Kier molecular flexibility index (Phi) is 7.53. The summed E-state index contributed by atoms with van der Waals surface area (Å²) in [6.07, 6.45) is 0. The molecule has 0 atom stereocenters. The summed E-state index contributed by atoms with van der Waals surface area (Å²) in [5.74, 6) is 0. The Bertz CT molecular complexity index is 2880. The van der Waals surface area contributed by atoms with Crippen LogP contribution in [-0.2, 0) is 21.7 Å². The molecule has 8 aromatic rings. The number of rotatable bonds is 4. The lowest BCUT2D eigenvalue weighted by Crippen LogP contribution is -2.23. The molecule has 1 heterocycles. The molecule has 0 saturated heterocycles. The molecule has 0 unspecified atom stereocenters. The number of para-hydroxylation sites is 1. The second kappa shape index (κ2) is 12.1. The first-order valence-electron chi connectivity index (χ1n) is 20.5. The lowest BCUT2D eigenvalue weighted by molar-refractivity contribution is 0.569. The van der Waals surface area contributed by atoms with Crippen molar-refractivity contribution in [2.45, 2.75) is 84.0 Å². The molecular formula is C55H51NO. The van der Waals surface area contributed by atoms with Gasteiger partial charge in [0, 0.05) is 33.0 Å². The molecule has 7 aromatic carbocycles. The van der Waals surface area contributed by atoms with Crippen LogP contribution in [0, 0.1) is 0 Å². The van der Waals surface area contributed by atoms with Crippen LogP contribution in [0.1, 0.15) is 101 Å². The fraction of sp³-hybridized carbons (Fsp3) is 0.236. The van der Waals surface area contributed by atoms with Gasteiger partial charge in [-0.2, -0.15) is 0 Å². The van der Waals surface area contributed by atoms with E-state index in [1.165, 1.54) is 66.6 Å². The largest absolute Gasteiger partial charge is 0.454 e. The van der Waals surface area contributed by atoms with Gasteiger partial charge in [-0.1, -0.05) is 165 Å².